The summed E-state index contributed by atoms with van der Waals surface area (Å²) in [7, 11) is 0. The van der Waals surface area contributed by atoms with Crippen LogP contribution in [0.4, 0.5) is 0 Å². The standard InChI is InChI=1S/C13H13ClO/c1-9(2)15-11-6-7-12-10(8-11)4-3-5-13(12)14/h3-9H,1-2H3. The van der Waals surface area contributed by atoms with Crippen molar-refractivity contribution in [3.8, 4) is 5.75 Å². The van der Waals surface area contributed by atoms with Gasteiger partial charge in [0.2, 0.25) is 0 Å². The third-order valence-corrected chi connectivity index (χ3v) is 2.50. The summed E-state index contributed by atoms with van der Waals surface area (Å²) in [4.78, 5) is 0. The van der Waals surface area contributed by atoms with Crippen molar-refractivity contribution in [2.24, 2.45) is 0 Å². The Labute approximate surface area is 94.6 Å². The average molecular weight is 221 g/mol. The van der Waals surface area contributed by atoms with Crippen LogP contribution in [-0.2, 0) is 0 Å². The van der Waals surface area contributed by atoms with Crippen LogP contribution < -0.4 is 4.74 Å². The monoisotopic (exact) mass is 220 g/mol. The molecule has 0 heterocycles. The lowest BCUT2D eigenvalue weighted by molar-refractivity contribution is 0.243. The van der Waals surface area contributed by atoms with Crippen LogP contribution >= 0.6 is 11.6 Å². The van der Waals surface area contributed by atoms with Gasteiger partial charge in [-0.15, -0.1) is 0 Å². The lowest BCUT2D eigenvalue weighted by Gasteiger charge is -2.10. The molecule has 2 aromatic carbocycles. The minimum absolute atomic E-state index is 0.196. The van der Waals surface area contributed by atoms with Gasteiger partial charge in [0.05, 0.1) is 6.10 Å². The topological polar surface area (TPSA) is 9.23 Å². The van der Waals surface area contributed by atoms with E-state index in [-0.39, 0.29) is 6.10 Å². The van der Waals surface area contributed by atoms with Crippen LogP contribution in [0.2, 0.25) is 5.02 Å². The highest BCUT2D eigenvalue weighted by Crippen LogP contribution is 2.27. The van der Waals surface area contributed by atoms with Crippen molar-refractivity contribution >= 4 is 22.4 Å². The van der Waals surface area contributed by atoms with E-state index in [1.807, 2.05) is 50.2 Å². The van der Waals surface area contributed by atoms with Gasteiger partial charge in [0.15, 0.2) is 0 Å². The highest BCUT2D eigenvalue weighted by atomic mass is 35.5. The first-order valence-corrected chi connectivity index (χ1v) is 5.39. The molecule has 1 nitrogen and oxygen atoms in total. The Morgan fingerprint density at radius 3 is 2.67 bits per heavy atom. The SMILES string of the molecule is CC(C)Oc1ccc2c(Cl)cccc2c1. The van der Waals surface area contributed by atoms with Gasteiger partial charge in [0.25, 0.3) is 0 Å². The van der Waals surface area contributed by atoms with Crippen LogP contribution in [0.15, 0.2) is 36.4 Å². The molecular formula is C13H13ClO. The van der Waals surface area contributed by atoms with Gasteiger partial charge in [-0.3, -0.25) is 0 Å². The van der Waals surface area contributed by atoms with Gasteiger partial charge in [-0.05, 0) is 43.5 Å². The molecule has 0 unspecified atom stereocenters. The molecule has 0 atom stereocenters. The molecule has 0 aliphatic carbocycles. The Kier molecular flexibility index (Phi) is 2.83. The molecule has 0 aliphatic heterocycles. The van der Waals surface area contributed by atoms with E-state index >= 15 is 0 Å². The van der Waals surface area contributed by atoms with Gasteiger partial charge >= 0.3 is 0 Å². The van der Waals surface area contributed by atoms with Crippen molar-refractivity contribution in [1.82, 2.24) is 0 Å². The second-order valence-electron chi connectivity index (χ2n) is 3.79. The molecule has 78 valence electrons. The zero-order chi connectivity index (χ0) is 10.8. The molecule has 2 rings (SSSR count). The van der Waals surface area contributed by atoms with Crippen LogP contribution in [0.1, 0.15) is 13.8 Å². The largest absolute Gasteiger partial charge is 0.491 e. The maximum atomic E-state index is 6.07. The first kappa shape index (κ1) is 10.3. The van der Waals surface area contributed by atoms with Gasteiger partial charge in [0.1, 0.15) is 5.75 Å². The Hall–Kier alpha value is -1.21. The number of ether oxygens (including phenoxy) is 1. The van der Waals surface area contributed by atoms with Crippen molar-refractivity contribution in [2.75, 3.05) is 0 Å². The summed E-state index contributed by atoms with van der Waals surface area (Å²) in [6, 6.07) is 11.8. The van der Waals surface area contributed by atoms with E-state index in [1.54, 1.807) is 0 Å². The molecular weight excluding hydrogens is 208 g/mol. The summed E-state index contributed by atoms with van der Waals surface area (Å²) < 4.78 is 5.62. The molecule has 0 bridgehead atoms. The number of benzene rings is 2. The lowest BCUT2D eigenvalue weighted by Crippen LogP contribution is -2.05. The first-order valence-electron chi connectivity index (χ1n) is 5.02. The highest BCUT2D eigenvalue weighted by Gasteiger charge is 2.01. The van der Waals surface area contributed by atoms with E-state index in [9.17, 15) is 0 Å². The molecule has 0 aromatic heterocycles. The van der Waals surface area contributed by atoms with Gasteiger partial charge < -0.3 is 4.74 Å². The van der Waals surface area contributed by atoms with Crippen LogP contribution in [0.25, 0.3) is 10.8 Å². The zero-order valence-electron chi connectivity index (χ0n) is 8.83. The summed E-state index contributed by atoms with van der Waals surface area (Å²) in [6.45, 7) is 4.03. The minimum Gasteiger partial charge on any atom is -0.491 e. The lowest BCUT2D eigenvalue weighted by atomic mass is 10.1. The fraction of sp³-hybridized carbons (Fsp3) is 0.231. The summed E-state index contributed by atoms with van der Waals surface area (Å²) in [5.41, 5.74) is 0. The van der Waals surface area contributed by atoms with Gasteiger partial charge in [-0.25, -0.2) is 0 Å². The smallest absolute Gasteiger partial charge is 0.120 e. The Morgan fingerprint density at radius 1 is 1.13 bits per heavy atom. The average Bonchev–Trinajstić information content (AvgIpc) is 2.17. The molecule has 2 aromatic rings. The molecule has 0 amide bonds. The maximum absolute atomic E-state index is 6.07. The van der Waals surface area contributed by atoms with Gasteiger partial charge in [-0.2, -0.15) is 0 Å². The molecule has 0 fully saturated rings. The first-order chi connectivity index (χ1) is 7.16. The predicted octanol–water partition coefficient (Wildman–Crippen LogP) is 4.28. The second kappa shape index (κ2) is 4.11. The third kappa shape index (κ3) is 2.24. The Morgan fingerprint density at radius 2 is 1.93 bits per heavy atom. The molecule has 0 spiro atoms. The number of halogens is 1. The summed E-state index contributed by atoms with van der Waals surface area (Å²) in [5.74, 6) is 0.889. The third-order valence-electron chi connectivity index (χ3n) is 2.17. The van der Waals surface area contributed by atoms with E-state index < -0.39 is 0 Å². The van der Waals surface area contributed by atoms with Crippen LogP contribution in [-0.4, -0.2) is 6.10 Å². The number of hydrogen-bond donors (Lipinski definition) is 0. The van der Waals surface area contributed by atoms with E-state index in [4.69, 9.17) is 16.3 Å². The van der Waals surface area contributed by atoms with Crippen LogP contribution in [0, 0.1) is 0 Å². The normalized spacial score (nSPS) is 10.9. The molecule has 2 heteroatoms. The maximum Gasteiger partial charge on any atom is 0.120 e. The summed E-state index contributed by atoms with van der Waals surface area (Å²) in [6.07, 6.45) is 0.196. The molecule has 0 N–H and O–H groups in total. The van der Waals surface area contributed by atoms with Crippen molar-refractivity contribution in [1.29, 1.82) is 0 Å². The van der Waals surface area contributed by atoms with E-state index in [0.717, 1.165) is 21.5 Å². The fourth-order valence-corrected chi connectivity index (χ4v) is 1.81. The molecule has 0 saturated heterocycles. The van der Waals surface area contributed by atoms with Crippen molar-refractivity contribution in [3.63, 3.8) is 0 Å². The molecule has 0 radical (unpaired) electrons. The number of fused-ring (bicyclic) bond motifs is 1. The van der Waals surface area contributed by atoms with Crippen LogP contribution in [0.5, 0.6) is 5.75 Å². The second-order valence-corrected chi connectivity index (χ2v) is 4.20. The number of rotatable bonds is 2. The fourth-order valence-electron chi connectivity index (χ4n) is 1.57. The van der Waals surface area contributed by atoms with Gasteiger partial charge in [0, 0.05) is 10.4 Å². The summed E-state index contributed by atoms with van der Waals surface area (Å²) in [5, 5.41) is 2.96. The predicted molar refractivity (Wildman–Crippen MR) is 64.7 cm³/mol. The minimum atomic E-state index is 0.196. The Balaban J connectivity index is 2.48. The van der Waals surface area contributed by atoms with Crippen LogP contribution in [0.3, 0.4) is 0 Å². The van der Waals surface area contributed by atoms with Crippen molar-refractivity contribution in [3.05, 3.63) is 41.4 Å². The van der Waals surface area contributed by atoms with Gasteiger partial charge in [-0.1, -0.05) is 23.7 Å². The molecule has 0 aliphatic rings. The van der Waals surface area contributed by atoms with Crippen molar-refractivity contribution in [2.45, 2.75) is 20.0 Å². The quantitative estimate of drug-likeness (QED) is 0.734. The number of hydrogen-bond acceptors (Lipinski definition) is 1. The van der Waals surface area contributed by atoms with Crippen molar-refractivity contribution < 1.29 is 4.74 Å². The zero-order valence-corrected chi connectivity index (χ0v) is 9.58. The molecule has 0 saturated carbocycles. The molecule has 15 heavy (non-hydrogen) atoms. The highest BCUT2D eigenvalue weighted by molar-refractivity contribution is 6.35. The summed E-state index contributed by atoms with van der Waals surface area (Å²) >= 11 is 6.07. The van der Waals surface area contributed by atoms with E-state index in [2.05, 4.69) is 0 Å². The van der Waals surface area contributed by atoms with E-state index in [1.165, 1.54) is 0 Å². The van der Waals surface area contributed by atoms with E-state index in [0.29, 0.717) is 0 Å². The Bertz CT molecular complexity index is 477.